The first-order valence-corrected chi connectivity index (χ1v) is 6.92. The standard InChI is InChI=1S/C10H11N5O4S/c1-19-10(16)7-4-2-3-5-8(7)20(17,18)11-6-9-12-14-15-13-9/h2-5,11H,6H2,1H3,(H,12,13,14,15). The van der Waals surface area contributed by atoms with E-state index in [1.807, 2.05) is 0 Å². The third-order valence-corrected chi connectivity index (χ3v) is 3.85. The number of carbonyl (C=O) groups excluding carboxylic acids is 1. The number of H-pyrrole nitrogens is 1. The summed E-state index contributed by atoms with van der Waals surface area (Å²) in [6.45, 7) is -0.145. The van der Waals surface area contributed by atoms with E-state index in [1.54, 1.807) is 6.07 Å². The zero-order valence-electron chi connectivity index (χ0n) is 10.4. The number of carbonyl (C=O) groups is 1. The van der Waals surface area contributed by atoms with Crippen LogP contribution in [0.2, 0.25) is 0 Å². The van der Waals surface area contributed by atoms with E-state index < -0.39 is 16.0 Å². The minimum atomic E-state index is -3.89. The van der Waals surface area contributed by atoms with E-state index >= 15 is 0 Å². The lowest BCUT2D eigenvalue weighted by Crippen LogP contribution is -2.26. The quantitative estimate of drug-likeness (QED) is 0.710. The van der Waals surface area contributed by atoms with Gasteiger partial charge in [0.15, 0.2) is 5.82 Å². The Kier molecular flexibility index (Phi) is 4.05. The van der Waals surface area contributed by atoms with Gasteiger partial charge in [0, 0.05) is 0 Å². The van der Waals surface area contributed by atoms with Crippen LogP contribution in [-0.4, -0.2) is 42.1 Å². The zero-order valence-corrected chi connectivity index (χ0v) is 11.2. The number of esters is 1. The Morgan fingerprint density at radius 1 is 1.40 bits per heavy atom. The molecule has 1 heterocycles. The molecule has 0 amide bonds. The van der Waals surface area contributed by atoms with Crippen molar-refractivity contribution in [3.05, 3.63) is 35.7 Å². The second kappa shape index (κ2) is 5.75. The Morgan fingerprint density at radius 2 is 2.15 bits per heavy atom. The first-order chi connectivity index (χ1) is 9.54. The molecule has 0 aliphatic carbocycles. The Bertz CT molecular complexity index is 698. The van der Waals surface area contributed by atoms with E-state index in [4.69, 9.17) is 0 Å². The molecule has 0 fully saturated rings. The number of aromatic amines is 1. The van der Waals surface area contributed by atoms with E-state index in [0.717, 1.165) is 0 Å². The van der Waals surface area contributed by atoms with Crippen LogP contribution in [0, 0.1) is 0 Å². The first kappa shape index (κ1) is 14.1. The lowest BCUT2D eigenvalue weighted by molar-refractivity contribution is 0.0596. The molecule has 0 unspecified atom stereocenters. The molecular weight excluding hydrogens is 286 g/mol. The van der Waals surface area contributed by atoms with Crippen molar-refractivity contribution in [1.29, 1.82) is 0 Å². The van der Waals surface area contributed by atoms with Crippen LogP contribution in [0.5, 0.6) is 0 Å². The number of tetrazole rings is 1. The molecule has 9 nitrogen and oxygen atoms in total. The fourth-order valence-electron chi connectivity index (χ4n) is 1.47. The number of methoxy groups -OCH3 is 1. The number of benzene rings is 1. The molecule has 2 rings (SSSR count). The van der Waals surface area contributed by atoms with Gasteiger partial charge < -0.3 is 4.74 Å². The lowest BCUT2D eigenvalue weighted by Gasteiger charge is -2.08. The predicted molar refractivity (Wildman–Crippen MR) is 66.0 cm³/mol. The fraction of sp³-hybridized carbons (Fsp3) is 0.200. The monoisotopic (exact) mass is 297 g/mol. The maximum absolute atomic E-state index is 12.2. The van der Waals surface area contributed by atoms with Crippen LogP contribution in [0.25, 0.3) is 0 Å². The van der Waals surface area contributed by atoms with Crippen molar-refractivity contribution in [2.45, 2.75) is 11.4 Å². The smallest absolute Gasteiger partial charge is 0.339 e. The van der Waals surface area contributed by atoms with Gasteiger partial charge in [-0.05, 0) is 12.1 Å². The number of nitrogens with zero attached hydrogens (tertiary/aromatic N) is 3. The molecule has 0 atom stereocenters. The molecule has 0 aliphatic rings. The van der Waals surface area contributed by atoms with Crippen LogP contribution >= 0.6 is 0 Å². The summed E-state index contributed by atoms with van der Waals surface area (Å²) in [7, 11) is -2.72. The van der Waals surface area contributed by atoms with Gasteiger partial charge in [-0.25, -0.2) is 17.9 Å². The SMILES string of the molecule is COC(=O)c1ccccc1S(=O)(=O)NCc1nn[nH]n1. The summed E-state index contributed by atoms with van der Waals surface area (Å²) in [6, 6.07) is 5.74. The fourth-order valence-corrected chi connectivity index (χ4v) is 2.65. The van der Waals surface area contributed by atoms with Crippen LogP contribution in [0.4, 0.5) is 0 Å². The number of aromatic nitrogens is 4. The molecule has 106 valence electrons. The van der Waals surface area contributed by atoms with Crippen LogP contribution in [0.3, 0.4) is 0 Å². The van der Waals surface area contributed by atoms with Crippen molar-refractivity contribution in [3.63, 3.8) is 0 Å². The normalized spacial score (nSPS) is 11.2. The largest absolute Gasteiger partial charge is 0.465 e. The zero-order chi connectivity index (χ0) is 14.6. The molecule has 0 radical (unpaired) electrons. The topological polar surface area (TPSA) is 127 Å². The minimum Gasteiger partial charge on any atom is -0.465 e. The first-order valence-electron chi connectivity index (χ1n) is 5.44. The molecular formula is C10H11N5O4S. The lowest BCUT2D eigenvalue weighted by atomic mass is 10.2. The van der Waals surface area contributed by atoms with Gasteiger partial charge in [-0.2, -0.15) is 5.21 Å². The van der Waals surface area contributed by atoms with Gasteiger partial charge in [0.05, 0.1) is 24.1 Å². The summed E-state index contributed by atoms with van der Waals surface area (Å²) in [4.78, 5) is 11.4. The molecule has 2 aromatic rings. The molecule has 1 aromatic heterocycles. The van der Waals surface area contributed by atoms with Crippen molar-refractivity contribution in [1.82, 2.24) is 25.3 Å². The van der Waals surface area contributed by atoms with Gasteiger partial charge in [0.1, 0.15) is 0 Å². The summed E-state index contributed by atoms with van der Waals surface area (Å²) in [5.74, 6) is -0.547. The van der Waals surface area contributed by atoms with Crippen molar-refractivity contribution in [2.24, 2.45) is 0 Å². The van der Waals surface area contributed by atoms with Crippen molar-refractivity contribution in [2.75, 3.05) is 7.11 Å². The van der Waals surface area contributed by atoms with Gasteiger partial charge >= 0.3 is 5.97 Å². The van der Waals surface area contributed by atoms with Gasteiger partial charge in [-0.1, -0.05) is 17.3 Å². The summed E-state index contributed by atoms with van der Waals surface area (Å²) in [5, 5.41) is 12.8. The highest BCUT2D eigenvalue weighted by Gasteiger charge is 2.22. The van der Waals surface area contributed by atoms with E-state index in [2.05, 4.69) is 30.1 Å². The Labute approximate surface area is 114 Å². The highest BCUT2D eigenvalue weighted by molar-refractivity contribution is 7.89. The number of nitrogens with one attached hydrogen (secondary N) is 2. The Hall–Kier alpha value is -2.33. The van der Waals surface area contributed by atoms with Crippen LogP contribution in [0.1, 0.15) is 16.2 Å². The minimum absolute atomic E-state index is 0.0457. The highest BCUT2D eigenvalue weighted by atomic mass is 32.2. The molecule has 1 aromatic carbocycles. The maximum atomic E-state index is 12.2. The summed E-state index contributed by atoms with van der Waals surface area (Å²) < 4.78 is 31.2. The van der Waals surface area contributed by atoms with Crippen molar-refractivity contribution < 1.29 is 17.9 Å². The van der Waals surface area contributed by atoms with Gasteiger partial charge in [0.25, 0.3) is 0 Å². The highest BCUT2D eigenvalue weighted by Crippen LogP contribution is 2.16. The average Bonchev–Trinajstić information content (AvgIpc) is 2.98. The third kappa shape index (κ3) is 2.97. The van der Waals surface area contributed by atoms with Crippen LogP contribution < -0.4 is 4.72 Å². The third-order valence-electron chi connectivity index (χ3n) is 2.39. The molecule has 0 aliphatic heterocycles. The Morgan fingerprint density at radius 3 is 2.80 bits per heavy atom. The summed E-state index contributed by atoms with van der Waals surface area (Å²) >= 11 is 0. The van der Waals surface area contributed by atoms with Crippen LogP contribution in [-0.2, 0) is 21.3 Å². The second-order valence-corrected chi connectivity index (χ2v) is 5.38. The number of sulfonamides is 1. The molecule has 10 heteroatoms. The second-order valence-electron chi connectivity index (χ2n) is 3.64. The average molecular weight is 297 g/mol. The number of hydrogen-bond donors (Lipinski definition) is 2. The molecule has 20 heavy (non-hydrogen) atoms. The van der Waals surface area contributed by atoms with Crippen molar-refractivity contribution >= 4 is 16.0 Å². The van der Waals surface area contributed by atoms with Crippen molar-refractivity contribution in [3.8, 4) is 0 Å². The summed E-state index contributed by atoms with van der Waals surface area (Å²) in [6.07, 6.45) is 0. The molecule has 2 N–H and O–H groups in total. The molecule has 0 spiro atoms. The van der Waals surface area contributed by atoms with E-state index in [0.29, 0.717) is 0 Å². The molecule has 0 saturated heterocycles. The van der Waals surface area contributed by atoms with Gasteiger partial charge in [-0.3, -0.25) is 0 Å². The summed E-state index contributed by atoms with van der Waals surface area (Å²) in [5.41, 5.74) is -0.0457. The van der Waals surface area contributed by atoms with Gasteiger partial charge in [-0.15, -0.1) is 10.2 Å². The molecule has 0 bridgehead atoms. The maximum Gasteiger partial charge on any atom is 0.339 e. The number of hydrogen-bond acceptors (Lipinski definition) is 7. The van der Waals surface area contributed by atoms with Gasteiger partial charge in [0.2, 0.25) is 10.0 Å². The van der Waals surface area contributed by atoms with E-state index in [-0.39, 0.29) is 22.8 Å². The van der Waals surface area contributed by atoms with Crippen LogP contribution in [0.15, 0.2) is 29.2 Å². The predicted octanol–water partition coefficient (Wildman–Crippen LogP) is -0.535. The van der Waals surface area contributed by atoms with E-state index in [9.17, 15) is 13.2 Å². The Balaban J connectivity index is 2.27. The number of rotatable bonds is 5. The van der Waals surface area contributed by atoms with E-state index in [1.165, 1.54) is 25.3 Å². The molecule has 0 saturated carbocycles. The number of ether oxygens (including phenoxy) is 1.